The van der Waals surface area contributed by atoms with Crippen LogP contribution in [0.25, 0.3) is 0 Å². The number of hydrogen-bond donors (Lipinski definition) is 0. The quantitative estimate of drug-likeness (QED) is 0.788. The number of Topliss-reactive ketones (excluding diaryl/α,β-unsaturated/α-hetero) is 1. The summed E-state index contributed by atoms with van der Waals surface area (Å²) in [6.45, 7) is 1.71. The summed E-state index contributed by atoms with van der Waals surface area (Å²) in [6, 6.07) is 4.35. The molecular formula is C12H10ClFN2O. The highest BCUT2D eigenvalue weighted by atomic mass is 35.5. The first-order valence-corrected chi connectivity index (χ1v) is 5.41. The monoisotopic (exact) mass is 252 g/mol. The minimum absolute atomic E-state index is 0.0668. The van der Waals surface area contributed by atoms with E-state index >= 15 is 0 Å². The molecule has 0 N–H and O–H groups in total. The van der Waals surface area contributed by atoms with Crippen LogP contribution in [0.1, 0.15) is 22.8 Å². The molecular weight excluding hydrogens is 243 g/mol. The molecule has 0 saturated carbocycles. The Bertz CT molecular complexity index is 565. The van der Waals surface area contributed by atoms with Crippen LogP contribution in [0.4, 0.5) is 4.39 Å². The first-order chi connectivity index (χ1) is 8.06. The van der Waals surface area contributed by atoms with Gasteiger partial charge < -0.3 is 0 Å². The van der Waals surface area contributed by atoms with Crippen LogP contribution in [0, 0.1) is 5.82 Å². The van der Waals surface area contributed by atoms with E-state index in [9.17, 15) is 9.18 Å². The molecule has 1 aromatic carbocycles. The first-order valence-electron chi connectivity index (χ1n) is 5.03. The molecule has 2 aromatic rings. The lowest BCUT2D eigenvalue weighted by atomic mass is 10.2. The van der Waals surface area contributed by atoms with Crippen molar-refractivity contribution >= 4 is 17.4 Å². The van der Waals surface area contributed by atoms with E-state index in [1.807, 2.05) is 0 Å². The van der Waals surface area contributed by atoms with Gasteiger partial charge in [0.1, 0.15) is 5.82 Å². The van der Waals surface area contributed by atoms with Crippen LogP contribution in [-0.2, 0) is 6.54 Å². The molecule has 88 valence electrons. The van der Waals surface area contributed by atoms with Gasteiger partial charge >= 0.3 is 0 Å². The van der Waals surface area contributed by atoms with Gasteiger partial charge in [0.25, 0.3) is 0 Å². The fraction of sp³-hybridized carbons (Fsp3) is 0.167. The predicted molar refractivity (Wildman–Crippen MR) is 62.7 cm³/mol. The molecule has 0 aliphatic heterocycles. The Hall–Kier alpha value is -1.68. The van der Waals surface area contributed by atoms with Gasteiger partial charge in [-0.15, -0.1) is 0 Å². The van der Waals surface area contributed by atoms with Crippen molar-refractivity contribution in [2.45, 2.75) is 13.5 Å². The van der Waals surface area contributed by atoms with Crippen LogP contribution in [0.3, 0.4) is 0 Å². The summed E-state index contributed by atoms with van der Waals surface area (Å²) in [4.78, 5) is 11.1. The average Bonchev–Trinajstić information content (AvgIpc) is 2.72. The topological polar surface area (TPSA) is 34.9 Å². The summed E-state index contributed by atoms with van der Waals surface area (Å²) in [6.07, 6.45) is 3.05. The molecule has 0 aliphatic carbocycles. The zero-order valence-corrected chi connectivity index (χ0v) is 9.91. The largest absolute Gasteiger partial charge is 0.294 e. The van der Waals surface area contributed by atoms with Crippen LogP contribution < -0.4 is 0 Å². The maximum absolute atomic E-state index is 13.5. The van der Waals surface area contributed by atoms with E-state index in [2.05, 4.69) is 5.10 Å². The summed E-state index contributed by atoms with van der Waals surface area (Å²) < 4.78 is 15.0. The van der Waals surface area contributed by atoms with E-state index < -0.39 is 0 Å². The number of ketones is 1. The van der Waals surface area contributed by atoms with Crippen LogP contribution in [0.5, 0.6) is 0 Å². The van der Waals surface area contributed by atoms with E-state index in [0.29, 0.717) is 16.1 Å². The normalized spacial score (nSPS) is 10.5. The summed E-state index contributed by atoms with van der Waals surface area (Å²) >= 11 is 5.79. The molecule has 0 unspecified atom stereocenters. The molecule has 0 spiro atoms. The zero-order valence-electron chi connectivity index (χ0n) is 9.15. The van der Waals surface area contributed by atoms with Gasteiger partial charge in [0.15, 0.2) is 5.78 Å². The summed E-state index contributed by atoms with van der Waals surface area (Å²) in [7, 11) is 0. The minimum atomic E-state index is -0.339. The predicted octanol–water partition coefficient (Wildman–Crippen LogP) is 2.93. The Morgan fingerprint density at radius 1 is 1.53 bits per heavy atom. The van der Waals surface area contributed by atoms with Gasteiger partial charge in [-0.05, 0) is 25.1 Å². The molecule has 2 rings (SSSR count). The molecule has 0 aliphatic rings. The van der Waals surface area contributed by atoms with E-state index in [-0.39, 0.29) is 18.1 Å². The Labute approximate surface area is 103 Å². The lowest BCUT2D eigenvalue weighted by Gasteiger charge is -2.03. The molecule has 0 fully saturated rings. The minimum Gasteiger partial charge on any atom is -0.294 e. The lowest BCUT2D eigenvalue weighted by Crippen LogP contribution is -2.02. The number of carbonyl (C=O) groups is 1. The standard InChI is InChI=1S/C12H10ClFN2O/c1-8(17)10-5-15-16(7-10)6-9-4-11(13)2-3-12(9)14/h2-5,7H,6H2,1H3. The Balaban J connectivity index is 2.25. The number of hydrogen-bond acceptors (Lipinski definition) is 2. The molecule has 5 heteroatoms. The van der Waals surface area contributed by atoms with Crippen LogP contribution >= 0.6 is 11.6 Å². The maximum atomic E-state index is 13.5. The van der Waals surface area contributed by atoms with Crippen molar-refractivity contribution in [3.05, 3.63) is 52.6 Å². The van der Waals surface area contributed by atoms with Crippen molar-refractivity contribution in [3.8, 4) is 0 Å². The number of halogens is 2. The van der Waals surface area contributed by atoms with E-state index in [1.54, 1.807) is 12.3 Å². The third-order valence-corrected chi connectivity index (χ3v) is 2.61. The van der Waals surface area contributed by atoms with Gasteiger partial charge in [-0.1, -0.05) is 11.6 Å². The van der Waals surface area contributed by atoms with Crippen molar-refractivity contribution < 1.29 is 9.18 Å². The fourth-order valence-electron chi connectivity index (χ4n) is 1.47. The van der Waals surface area contributed by atoms with Gasteiger partial charge in [-0.2, -0.15) is 5.10 Å². The van der Waals surface area contributed by atoms with Crippen molar-refractivity contribution in [1.29, 1.82) is 0 Å². The van der Waals surface area contributed by atoms with Gasteiger partial charge in [0.2, 0.25) is 0 Å². The number of nitrogens with zero attached hydrogens (tertiary/aromatic N) is 2. The third kappa shape index (κ3) is 2.71. The van der Waals surface area contributed by atoms with Crippen LogP contribution in [0.2, 0.25) is 5.02 Å². The summed E-state index contributed by atoms with van der Waals surface area (Å²) in [5.74, 6) is -0.405. The second-order valence-corrected chi connectivity index (χ2v) is 4.15. The molecule has 17 heavy (non-hydrogen) atoms. The summed E-state index contributed by atoms with van der Waals surface area (Å²) in [5.41, 5.74) is 0.947. The smallest absolute Gasteiger partial charge is 0.162 e. The van der Waals surface area contributed by atoms with Gasteiger partial charge in [-0.25, -0.2) is 4.39 Å². The highest BCUT2D eigenvalue weighted by molar-refractivity contribution is 6.30. The molecule has 0 saturated heterocycles. The molecule has 0 atom stereocenters. The van der Waals surface area contributed by atoms with Crippen molar-refractivity contribution in [2.24, 2.45) is 0 Å². The van der Waals surface area contributed by atoms with Gasteiger partial charge in [0, 0.05) is 16.8 Å². The lowest BCUT2D eigenvalue weighted by molar-refractivity contribution is 0.101. The second kappa shape index (κ2) is 4.67. The molecule has 1 aromatic heterocycles. The number of rotatable bonds is 3. The zero-order chi connectivity index (χ0) is 12.4. The number of aromatic nitrogens is 2. The number of carbonyl (C=O) groups excluding carboxylic acids is 1. The van der Waals surface area contributed by atoms with Crippen LogP contribution in [-0.4, -0.2) is 15.6 Å². The first kappa shape index (κ1) is 11.8. The molecule has 0 amide bonds. The van der Waals surface area contributed by atoms with Crippen molar-refractivity contribution in [2.75, 3.05) is 0 Å². The highest BCUT2D eigenvalue weighted by Crippen LogP contribution is 2.16. The fourth-order valence-corrected chi connectivity index (χ4v) is 1.67. The Morgan fingerprint density at radius 3 is 2.94 bits per heavy atom. The van der Waals surface area contributed by atoms with Gasteiger partial charge in [0.05, 0.1) is 18.3 Å². The van der Waals surface area contributed by atoms with Crippen LogP contribution in [0.15, 0.2) is 30.6 Å². The molecule has 3 nitrogen and oxygen atoms in total. The Kier molecular flexibility index (Phi) is 3.24. The van der Waals surface area contributed by atoms with Crippen molar-refractivity contribution in [1.82, 2.24) is 9.78 Å². The molecule has 0 bridgehead atoms. The van der Waals surface area contributed by atoms with E-state index in [4.69, 9.17) is 11.6 Å². The highest BCUT2D eigenvalue weighted by Gasteiger charge is 2.07. The molecule has 1 heterocycles. The second-order valence-electron chi connectivity index (χ2n) is 3.72. The van der Waals surface area contributed by atoms with E-state index in [0.717, 1.165) is 0 Å². The number of benzene rings is 1. The maximum Gasteiger partial charge on any atom is 0.162 e. The van der Waals surface area contributed by atoms with Gasteiger partial charge in [-0.3, -0.25) is 9.48 Å². The van der Waals surface area contributed by atoms with Crippen molar-refractivity contribution in [3.63, 3.8) is 0 Å². The Morgan fingerprint density at radius 2 is 2.29 bits per heavy atom. The molecule has 0 radical (unpaired) electrons. The third-order valence-electron chi connectivity index (χ3n) is 2.38. The average molecular weight is 253 g/mol. The summed E-state index contributed by atoms with van der Waals surface area (Å²) in [5, 5.41) is 4.46. The van der Waals surface area contributed by atoms with E-state index in [1.165, 1.54) is 29.9 Å². The SMILES string of the molecule is CC(=O)c1cnn(Cc2cc(Cl)ccc2F)c1.